The molecule has 0 radical (unpaired) electrons. The van der Waals surface area contributed by atoms with Gasteiger partial charge in [-0.2, -0.15) is 0 Å². The van der Waals surface area contributed by atoms with Crippen molar-refractivity contribution in [2.75, 3.05) is 23.3 Å². The molecule has 1 aromatic carbocycles. The minimum Gasteiger partial charge on any atom is -0.341 e. The van der Waals surface area contributed by atoms with Crippen molar-refractivity contribution in [2.45, 2.75) is 33.1 Å². The number of benzene rings is 1. The number of aryl methyl sites for hydroxylation is 2. The van der Waals surface area contributed by atoms with Gasteiger partial charge in [-0.25, -0.2) is 9.97 Å². The fourth-order valence-corrected chi connectivity index (χ4v) is 2.74. The van der Waals surface area contributed by atoms with Crippen molar-refractivity contribution in [1.82, 2.24) is 9.97 Å². The number of aromatic nitrogens is 2. The number of rotatable bonds is 3. The van der Waals surface area contributed by atoms with Gasteiger partial charge in [0.1, 0.15) is 5.69 Å². The molecule has 1 aliphatic heterocycles. The van der Waals surface area contributed by atoms with Gasteiger partial charge >= 0.3 is 0 Å². The van der Waals surface area contributed by atoms with Crippen LogP contribution in [0.2, 0.25) is 0 Å². The predicted molar refractivity (Wildman–Crippen MR) is 92.0 cm³/mol. The molecule has 1 aromatic heterocycles. The SMILES string of the molecule is Cc1ccc(NC(=O)c2cc(C)nc(N3CCCCC3)n2)cc1. The van der Waals surface area contributed by atoms with Crippen molar-refractivity contribution in [3.8, 4) is 0 Å². The number of amides is 1. The van der Waals surface area contributed by atoms with Gasteiger partial charge in [-0.05, 0) is 51.3 Å². The Morgan fingerprint density at radius 1 is 1.04 bits per heavy atom. The molecule has 1 amide bonds. The molecule has 0 bridgehead atoms. The van der Waals surface area contributed by atoms with Crippen molar-refractivity contribution in [1.29, 1.82) is 0 Å². The van der Waals surface area contributed by atoms with Crippen LogP contribution in [0.15, 0.2) is 30.3 Å². The fraction of sp³-hybridized carbons (Fsp3) is 0.389. The molecule has 0 spiro atoms. The molecule has 3 rings (SSSR count). The number of nitrogens with one attached hydrogen (secondary N) is 1. The Kier molecular flexibility index (Phi) is 4.55. The summed E-state index contributed by atoms with van der Waals surface area (Å²) in [4.78, 5) is 23.6. The maximum Gasteiger partial charge on any atom is 0.274 e. The van der Waals surface area contributed by atoms with Gasteiger partial charge in [-0.1, -0.05) is 17.7 Å². The smallest absolute Gasteiger partial charge is 0.274 e. The molecule has 23 heavy (non-hydrogen) atoms. The highest BCUT2D eigenvalue weighted by Gasteiger charge is 2.17. The average molecular weight is 310 g/mol. The largest absolute Gasteiger partial charge is 0.341 e. The first-order valence-electron chi connectivity index (χ1n) is 8.10. The highest BCUT2D eigenvalue weighted by molar-refractivity contribution is 6.03. The molecule has 1 saturated heterocycles. The Hall–Kier alpha value is -2.43. The zero-order valence-electron chi connectivity index (χ0n) is 13.7. The number of piperidine rings is 1. The Labute approximate surface area is 136 Å². The van der Waals surface area contributed by atoms with Gasteiger partial charge in [-0.15, -0.1) is 0 Å². The maximum absolute atomic E-state index is 12.5. The van der Waals surface area contributed by atoms with Gasteiger partial charge in [0, 0.05) is 24.5 Å². The number of hydrogen-bond acceptors (Lipinski definition) is 4. The minimum absolute atomic E-state index is 0.197. The van der Waals surface area contributed by atoms with E-state index in [1.807, 2.05) is 38.1 Å². The van der Waals surface area contributed by atoms with Gasteiger partial charge in [0.05, 0.1) is 0 Å². The van der Waals surface area contributed by atoms with Crippen molar-refractivity contribution < 1.29 is 4.79 Å². The summed E-state index contributed by atoms with van der Waals surface area (Å²) in [6.07, 6.45) is 3.56. The van der Waals surface area contributed by atoms with Gasteiger partial charge in [0.25, 0.3) is 5.91 Å². The highest BCUT2D eigenvalue weighted by atomic mass is 16.1. The Morgan fingerprint density at radius 3 is 2.43 bits per heavy atom. The van der Waals surface area contributed by atoms with Gasteiger partial charge in [-0.3, -0.25) is 4.79 Å². The lowest BCUT2D eigenvalue weighted by molar-refractivity contribution is 0.102. The lowest BCUT2D eigenvalue weighted by atomic mass is 10.1. The summed E-state index contributed by atoms with van der Waals surface area (Å²) in [6, 6.07) is 9.47. The summed E-state index contributed by atoms with van der Waals surface area (Å²) >= 11 is 0. The summed E-state index contributed by atoms with van der Waals surface area (Å²) < 4.78 is 0. The summed E-state index contributed by atoms with van der Waals surface area (Å²) in [5.74, 6) is 0.469. The van der Waals surface area contributed by atoms with Crippen LogP contribution in [-0.4, -0.2) is 29.0 Å². The molecular formula is C18H22N4O. The van der Waals surface area contributed by atoms with E-state index in [2.05, 4.69) is 20.2 Å². The summed E-state index contributed by atoms with van der Waals surface area (Å²) in [5, 5.41) is 2.90. The number of carbonyl (C=O) groups is 1. The van der Waals surface area contributed by atoms with E-state index in [1.54, 1.807) is 6.07 Å². The number of anilines is 2. The lowest BCUT2D eigenvalue weighted by Crippen LogP contribution is -2.31. The van der Waals surface area contributed by atoms with Crippen LogP contribution in [0.1, 0.15) is 41.0 Å². The van der Waals surface area contributed by atoms with E-state index < -0.39 is 0 Å². The summed E-state index contributed by atoms with van der Waals surface area (Å²) in [7, 11) is 0. The standard InChI is InChI=1S/C18H22N4O/c1-13-6-8-15(9-7-13)20-17(23)16-12-14(2)19-18(21-16)22-10-4-3-5-11-22/h6-9,12H,3-5,10-11H2,1-2H3,(H,20,23). The number of carbonyl (C=O) groups excluding carboxylic acids is 1. The molecular weight excluding hydrogens is 288 g/mol. The van der Waals surface area contributed by atoms with E-state index in [0.717, 1.165) is 42.9 Å². The molecule has 1 N–H and O–H groups in total. The highest BCUT2D eigenvalue weighted by Crippen LogP contribution is 2.17. The molecule has 0 unspecified atom stereocenters. The van der Waals surface area contributed by atoms with E-state index in [1.165, 1.54) is 6.42 Å². The molecule has 5 heteroatoms. The third-order valence-corrected chi connectivity index (χ3v) is 4.02. The predicted octanol–water partition coefficient (Wildman–Crippen LogP) is 3.34. The van der Waals surface area contributed by atoms with E-state index >= 15 is 0 Å². The first-order chi connectivity index (χ1) is 11.1. The van der Waals surface area contributed by atoms with Crippen LogP contribution >= 0.6 is 0 Å². The average Bonchev–Trinajstić information content (AvgIpc) is 2.57. The second kappa shape index (κ2) is 6.77. The zero-order chi connectivity index (χ0) is 16.2. The molecule has 1 aliphatic rings. The molecule has 2 aromatic rings. The van der Waals surface area contributed by atoms with Crippen LogP contribution in [0.5, 0.6) is 0 Å². The molecule has 0 aliphatic carbocycles. The number of nitrogens with zero attached hydrogens (tertiary/aromatic N) is 3. The number of hydrogen-bond donors (Lipinski definition) is 1. The topological polar surface area (TPSA) is 58.1 Å². The molecule has 5 nitrogen and oxygen atoms in total. The minimum atomic E-state index is -0.197. The van der Waals surface area contributed by atoms with Gasteiger partial charge < -0.3 is 10.2 Å². The van der Waals surface area contributed by atoms with Crippen molar-refractivity contribution in [3.63, 3.8) is 0 Å². The van der Waals surface area contributed by atoms with Crippen LogP contribution in [0.4, 0.5) is 11.6 Å². The van der Waals surface area contributed by atoms with Crippen LogP contribution in [-0.2, 0) is 0 Å². The lowest BCUT2D eigenvalue weighted by Gasteiger charge is -2.27. The molecule has 1 fully saturated rings. The van der Waals surface area contributed by atoms with Gasteiger partial charge in [0.15, 0.2) is 0 Å². The van der Waals surface area contributed by atoms with Crippen LogP contribution in [0.25, 0.3) is 0 Å². The Balaban J connectivity index is 1.79. The maximum atomic E-state index is 12.5. The molecule has 0 saturated carbocycles. The van der Waals surface area contributed by atoms with Crippen LogP contribution in [0, 0.1) is 13.8 Å². The third kappa shape index (κ3) is 3.86. The Bertz CT molecular complexity index is 691. The normalized spacial score (nSPS) is 14.6. The monoisotopic (exact) mass is 310 g/mol. The summed E-state index contributed by atoms with van der Waals surface area (Å²) in [6.45, 7) is 5.84. The van der Waals surface area contributed by atoms with Crippen LogP contribution in [0.3, 0.4) is 0 Å². The second-order valence-corrected chi connectivity index (χ2v) is 6.06. The van der Waals surface area contributed by atoms with Crippen molar-refractivity contribution in [3.05, 3.63) is 47.3 Å². The van der Waals surface area contributed by atoms with E-state index in [4.69, 9.17) is 0 Å². The first kappa shape index (κ1) is 15.5. The van der Waals surface area contributed by atoms with Crippen molar-refractivity contribution >= 4 is 17.5 Å². The second-order valence-electron chi connectivity index (χ2n) is 6.06. The van der Waals surface area contributed by atoms with Crippen LogP contribution < -0.4 is 10.2 Å². The zero-order valence-corrected chi connectivity index (χ0v) is 13.7. The van der Waals surface area contributed by atoms with Gasteiger partial charge in [0.2, 0.25) is 5.95 Å². The van der Waals surface area contributed by atoms with Crippen molar-refractivity contribution in [2.24, 2.45) is 0 Å². The van der Waals surface area contributed by atoms with E-state index in [-0.39, 0.29) is 5.91 Å². The summed E-state index contributed by atoms with van der Waals surface area (Å²) in [5.41, 5.74) is 3.16. The molecule has 2 heterocycles. The third-order valence-electron chi connectivity index (χ3n) is 4.02. The molecule has 0 atom stereocenters. The fourth-order valence-electron chi connectivity index (χ4n) is 2.74. The van der Waals surface area contributed by atoms with E-state index in [9.17, 15) is 4.79 Å². The Morgan fingerprint density at radius 2 is 1.74 bits per heavy atom. The molecule has 120 valence electrons. The quantitative estimate of drug-likeness (QED) is 0.944. The first-order valence-corrected chi connectivity index (χ1v) is 8.10. The van der Waals surface area contributed by atoms with E-state index in [0.29, 0.717) is 11.6 Å².